The molecule has 0 unspecified atom stereocenters. The molecule has 8 rings (SSSR count). The predicted molar refractivity (Wildman–Crippen MR) is 201 cm³/mol. The van der Waals surface area contributed by atoms with E-state index in [1.807, 2.05) is 0 Å². The Morgan fingerprint density at radius 3 is 1.33 bits per heavy atom. The summed E-state index contributed by atoms with van der Waals surface area (Å²) in [6.45, 7) is 12.3. The molecule has 26 nitrogen and oxygen atoms in total. The first-order chi connectivity index (χ1) is 27.3. The molecule has 4 aromatic heterocycles. The number of amides is 2. The minimum Gasteiger partial charge on any atom is -0.463 e. The van der Waals surface area contributed by atoms with E-state index in [9.17, 15) is 28.8 Å². The van der Waals surface area contributed by atoms with Crippen molar-refractivity contribution >= 4 is 58.0 Å². The number of aromatic nitrogens is 8. The van der Waals surface area contributed by atoms with Gasteiger partial charge in [-0.25, -0.2) is 9.97 Å². The van der Waals surface area contributed by atoms with Crippen molar-refractivity contribution in [1.29, 1.82) is 0 Å². The molecular weight excluding hydrogens is 804 g/mol. The van der Waals surface area contributed by atoms with E-state index in [2.05, 4.69) is 40.5 Å². The fraction of sp³-hybridized carbons (Fsp3) is 0.588. The van der Waals surface area contributed by atoms with Crippen molar-refractivity contribution in [2.75, 3.05) is 23.8 Å². The molecule has 0 aliphatic carbocycles. The number of rotatable bonds is 8. The van der Waals surface area contributed by atoms with Crippen LogP contribution >= 0.6 is 0 Å². The highest BCUT2D eigenvalue weighted by Gasteiger charge is 2.57. The lowest BCUT2D eigenvalue weighted by atomic mass is 10.1. The average molecular weight is 851 g/mol. The van der Waals surface area contributed by atoms with E-state index in [0.29, 0.717) is 0 Å². The first-order valence-electron chi connectivity index (χ1n) is 18.1. The number of hydrogen-bond donors (Lipinski definition) is 4. The quantitative estimate of drug-likeness (QED) is 0.146. The van der Waals surface area contributed by atoms with E-state index in [1.165, 1.54) is 40.3 Å². The van der Waals surface area contributed by atoms with Crippen molar-refractivity contribution in [1.82, 2.24) is 39.0 Å². The topological polar surface area (TPSA) is 356 Å². The van der Waals surface area contributed by atoms with Gasteiger partial charge in [-0.1, -0.05) is 0 Å². The summed E-state index contributed by atoms with van der Waals surface area (Å²) in [5.74, 6) is -3.39. The molecule has 2 amide bonds. The number of H-pyrrole nitrogens is 2. The fourth-order valence-electron chi connectivity index (χ4n) is 7.11. The molecule has 4 fully saturated rings. The zero-order chi connectivity index (χ0) is 41.8. The molecule has 0 bridgehead atoms. The monoisotopic (exact) mass is 850 g/mol. The van der Waals surface area contributed by atoms with Crippen LogP contribution in [-0.4, -0.2) is 135 Å². The number of nitrogens with zero attached hydrogens (tertiary/aromatic N) is 6. The summed E-state index contributed by atoms with van der Waals surface area (Å²) in [6.07, 6.45) is -1.88. The average Bonchev–Trinajstić information content (AvgIpc) is 3.94. The maximum Gasteiger partial charge on any atom is 0.302 e. The van der Waals surface area contributed by atoms with Gasteiger partial charge < -0.3 is 48.8 Å². The van der Waals surface area contributed by atoms with Crippen LogP contribution in [0, 0.1) is 0 Å². The zero-order valence-electron chi connectivity index (χ0n) is 33.6. The largest absolute Gasteiger partial charge is 0.463 e. The molecule has 328 valence electrons. The summed E-state index contributed by atoms with van der Waals surface area (Å²) in [5, 5.41) is 4.89. The molecule has 4 saturated heterocycles. The first-order valence-corrected chi connectivity index (χ1v) is 18.1. The van der Waals surface area contributed by atoms with Gasteiger partial charge in [0.1, 0.15) is 49.8 Å². The Morgan fingerprint density at radius 2 is 1.00 bits per heavy atom. The summed E-state index contributed by atoms with van der Waals surface area (Å²) in [4.78, 5) is 91.4. The van der Waals surface area contributed by atoms with Gasteiger partial charge in [0, 0.05) is 27.7 Å². The maximum absolute atomic E-state index is 12.3. The van der Waals surface area contributed by atoms with E-state index in [0.717, 1.165) is 0 Å². The zero-order valence-corrected chi connectivity index (χ0v) is 33.6. The van der Waals surface area contributed by atoms with Crippen LogP contribution in [0.1, 0.15) is 67.8 Å². The number of nitrogens with one attached hydrogen (secondary N) is 4. The van der Waals surface area contributed by atoms with E-state index in [-0.39, 0.29) is 70.2 Å². The van der Waals surface area contributed by atoms with Crippen LogP contribution in [0.15, 0.2) is 22.2 Å². The third-order valence-corrected chi connectivity index (χ3v) is 9.15. The Bertz CT molecular complexity index is 2230. The second-order valence-corrected chi connectivity index (χ2v) is 14.7. The van der Waals surface area contributed by atoms with Crippen LogP contribution in [0.4, 0.5) is 11.9 Å². The molecule has 8 N–H and O–H groups in total. The van der Waals surface area contributed by atoms with Gasteiger partial charge >= 0.3 is 11.9 Å². The Labute approximate surface area is 338 Å². The summed E-state index contributed by atoms with van der Waals surface area (Å²) < 4.78 is 49.3. The molecule has 8 atom stereocenters. The summed E-state index contributed by atoms with van der Waals surface area (Å²) in [5.41, 5.74) is -0.424. The molecule has 0 radical (unpaired) electrons. The lowest BCUT2D eigenvalue weighted by Crippen LogP contribution is -2.33. The summed E-state index contributed by atoms with van der Waals surface area (Å²) >= 11 is 0. The van der Waals surface area contributed by atoms with Gasteiger partial charge in [0.15, 0.2) is 46.4 Å². The normalized spacial score (nSPS) is 26.8. The van der Waals surface area contributed by atoms with Crippen molar-refractivity contribution in [2.45, 2.75) is 116 Å². The van der Waals surface area contributed by atoms with Crippen LogP contribution in [0.2, 0.25) is 0 Å². The molecule has 0 spiro atoms. The molecular formula is C34H46N10O16. The lowest BCUT2D eigenvalue weighted by molar-refractivity contribution is -0.202. The third kappa shape index (κ3) is 9.19. The Morgan fingerprint density at radius 1 is 0.650 bits per heavy atom. The fourth-order valence-corrected chi connectivity index (χ4v) is 7.11. The first kappa shape index (κ1) is 45.3. The standard InChI is InChI=1S/2C17H21N5O7.2H2O/c2*1-7(23)19-16-20-13-10(14(25)21-16)18-6-22(13)15-12-11(28-17(3,4)29-12)9(27-15)5-26-8(2)24;;/h2*6,9,11-12,15H,5H2,1-4H3,(H2,19,20,21,23,25);2*1H2/t2*9-,11-,12-,15-;;/m11../s1. The van der Waals surface area contributed by atoms with Gasteiger partial charge in [0.2, 0.25) is 23.7 Å². The molecule has 4 aliphatic heterocycles. The number of carbonyl (C=O) groups is 4. The number of aromatic amines is 2. The number of esters is 2. The highest BCUT2D eigenvalue weighted by atomic mass is 16.8. The van der Waals surface area contributed by atoms with E-state index in [1.54, 1.807) is 36.8 Å². The smallest absolute Gasteiger partial charge is 0.302 e. The van der Waals surface area contributed by atoms with Gasteiger partial charge in [-0.2, -0.15) is 9.97 Å². The van der Waals surface area contributed by atoms with Gasteiger partial charge in [0.05, 0.1) is 12.7 Å². The Hall–Kier alpha value is -5.74. The van der Waals surface area contributed by atoms with Gasteiger partial charge in [-0.3, -0.25) is 58.5 Å². The van der Waals surface area contributed by atoms with Crippen LogP contribution in [-0.2, 0) is 57.1 Å². The number of anilines is 2. The number of fused-ring (bicyclic) bond motifs is 4. The van der Waals surface area contributed by atoms with Crippen LogP contribution in [0.3, 0.4) is 0 Å². The number of ether oxygens (including phenoxy) is 8. The minimum atomic E-state index is -0.867. The van der Waals surface area contributed by atoms with E-state index in [4.69, 9.17) is 37.9 Å². The van der Waals surface area contributed by atoms with Crippen molar-refractivity contribution in [2.24, 2.45) is 0 Å². The molecule has 4 aromatic rings. The SMILES string of the molecule is CC(=O)Nc1nc2c(ncn2[C@@H]2O[C@H](COC(C)=O)[C@H]3OC(C)(C)O[C@H]32)c(=O)[nH]1.CC(=O)Nc1nc2c(ncn2[C@@H]2O[C@H](COC(C)=O)[C@H]3OC(C)(C)O[C@H]32)c(=O)[nH]1.O.O. The lowest BCUT2D eigenvalue weighted by Gasteiger charge is -2.24. The maximum atomic E-state index is 12.3. The number of hydrogen-bond acceptors (Lipinski definition) is 18. The third-order valence-electron chi connectivity index (χ3n) is 9.15. The summed E-state index contributed by atoms with van der Waals surface area (Å²) in [6, 6.07) is 0. The Kier molecular flexibility index (Phi) is 12.9. The highest BCUT2D eigenvalue weighted by molar-refractivity contribution is 5.88. The highest BCUT2D eigenvalue weighted by Crippen LogP contribution is 2.45. The predicted octanol–water partition coefficient (Wildman–Crippen LogP) is -1.53. The van der Waals surface area contributed by atoms with Crippen molar-refractivity contribution < 1.29 is 68.0 Å². The molecule has 60 heavy (non-hydrogen) atoms. The van der Waals surface area contributed by atoms with E-state index < -0.39 is 83.7 Å². The molecule has 0 aromatic carbocycles. The van der Waals surface area contributed by atoms with Crippen LogP contribution in [0.5, 0.6) is 0 Å². The van der Waals surface area contributed by atoms with E-state index >= 15 is 0 Å². The number of imidazole rings is 2. The van der Waals surface area contributed by atoms with Crippen molar-refractivity contribution in [3.05, 3.63) is 33.4 Å². The van der Waals surface area contributed by atoms with Gasteiger partial charge in [0.25, 0.3) is 11.1 Å². The molecule has 0 saturated carbocycles. The van der Waals surface area contributed by atoms with Crippen molar-refractivity contribution in [3.8, 4) is 0 Å². The second kappa shape index (κ2) is 17.1. The molecule has 26 heteroatoms. The molecule has 4 aliphatic rings. The van der Waals surface area contributed by atoms with Crippen molar-refractivity contribution in [3.63, 3.8) is 0 Å². The number of carbonyl (C=O) groups excluding carboxylic acids is 4. The van der Waals surface area contributed by atoms with Gasteiger partial charge in [-0.15, -0.1) is 0 Å². The molecule has 8 heterocycles. The van der Waals surface area contributed by atoms with Crippen LogP contribution < -0.4 is 21.8 Å². The van der Waals surface area contributed by atoms with Crippen LogP contribution in [0.25, 0.3) is 22.3 Å². The second-order valence-electron chi connectivity index (χ2n) is 14.7. The minimum absolute atomic E-state index is 0. The Balaban J connectivity index is 0.000000220. The summed E-state index contributed by atoms with van der Waals surface area (Å²) in [7, 11) is 0. The van der Waals surface area contributed by atoms with Gasteiger partial charge in [-0.05, 0) is 27.7 Å².